The third-order valence-electron chi connectivity index (χ3n) is 5.70. The van der Waals surface area contributed by atoms with E-state index < -0.39 is 0 Å². The molecule has 7 heteroatoms. The Labute approximate surface area is 154 Å². The fourth-order valence-corrected chi connectivity index (χ4v) is 4.15. The number of anilines is 1. The quantitative estimate of drug-likeness (QED) is 0.845. The minimum absolute atomic E-state index is 0.0519. The summed E-state index contributed by atoms with van der Waals surface area (Å²) in [5, 5.41) is 11.5. The number of nitrogens with one attached hydrogen (secondary N) is 1. The van der Waals surface area contributed by atoms with Gasteiger partial charge in [-0.15, -0.1) is 5.10 Å². The Hall–Kier alpha value is -2.41. The molecule has 26 heavy (non-hydrogen) atoms. The number of amides is 1. The predicted molar refractivity (Wildman–Crippen MR) is 99.9 cm³/mol. The van der Waals surface area contributed by atoms with Crippen LogP contribution in [0.15, 0.2) is 30.5 Å². The molecule has 7 nitrogen and oxygen atoms in total. The molecule has 1 fully saturated rings. The maximum atomic E-state index is 13.1. The molecule has 1 N–H and O–H groups in total. The summed E-state index contributed by atoms with van der Waals surface area (Å²) in [7, 11) is 3.98. The van der Waals surface area contributed by atoms with E-state index >= 15 is 0 Å². The van der Waals surface area contributed by atoms with Crippen molar-refractivity contribution in [3.63, 3.8) is 0 Å². The van der Waals surface area contributed by atoms with E-state index in [1.165, 1.54) is 6.42 Å². The minimum atomic E-state index is -0.0519. The molecule has 4 rings (SSSR count). The molecular formula is C19H26N6O. The number of carbonyl (C=O) groups excluding carboxylic acids is 1. The molecule has 0 radical (unpaired) electrons. The van der Waals surface area contributed by atoms with E-state index in [-0.39, 0.29) is 5.91 Å². The van der Waals surface area contributed by atoms with E-state index in [0.29, 0.717) is 24.3 Å². The number of aromatic nitrogens is 3. The Morgan fingerprint density at radius 2 is 1.96 bits per heavy atom. The molecule has 2 aromatic rings. The molecule has 0 aliphatic carbocycles. The van der Waals surface area contributed by atoms with Crippen molar-refractivity contribution in [2.45, 2.75) is 37.9 Å². The lowest BCUT2D eigenvalue weighted by Gasteiger charge is -2.30. The molecule has 2 aliphatic heterocycles. The molecule has 3 heterocycles. The van der Waals surface area contributed by atoms with Crippen LogP contribution in [0.2, 0.25) is 0 Å². The fourth-order valence-electron chi connectivity index (χ4n) is 4.15. The summed E-state index contributed by atoms with van der Waals surface area (Å²) in [6.07, 6.45) is 5.14. The van der Waals surface area contributed by atoms with Gasteiger partial charge in [-0.25, -0.2) is 0 Å². The molecular weight excluding hydrogens is 328 g/mol. The highest BCUT2D eigenvalue weighted by Crippen LogP contribution is 2.28. The van der Waals surface area contributed by atoms with E-state index in [2.05, 4.69) is 39.7 Å². The summed E-state index contributed by atoms with van der Waals surface area (Å²) in [5.74, 6) is -0.0519. The Kier molecular flexibility index (Phi) is 4.63. The number of aryl methyl sites for hydroxylation is 1. The molecule has 2 bridgehead atoms. The third kappa shape index (κ3) is 3.31. The van der Waals surface area contributed by atoms with Gasteiger partial charge >= 0.3 is 0 Å². The van der Waals surface area contributed by atoms with Gasteiger partial charge in [0.2, 0.25) is 0 Å². The number of hydrogen-bond acceptors (Lipinski definition) is 5. The van der Waals surface area contributed by atoms with Gasteiger partial charge in [0, 0.05) is 44.5 Å². The van der Waals surface area contributed by atoms with Crippen LogP contribution in [0.25, 0.3) is 0 Å². The lowest BCUT2D eigenvalue weighted by molar-refractivity contribution is 0.0683. The van der Waals surface area contributed by atoms with Crippen LogP contribution in [-0.4, -0.2) is 62.9 Å². The SMILES string of the molecule is CN1[C@@H]2CCNc3ccccc3CN(C(=O)c3cn(C)nn3)C[C@H]1CC2. The van der Waals surface area contributed by atoms with Gasteiger partial charge in [0.1, 0.15) is 0 Å². The predicted octanol–water partition coefficient (Wildman–Crippen LogP) is 1.74. The first kappa shape index (κ1) is 17.0. The fraction of sp³-hybridized carbons (Fsp3) is 0.526. The summed E-state index contributed by atoms with van der Waals surface area (Å²) in [6.45, 7) is 2.25. The summed E-state index contributed by atoms with van der Waals surface area (Å²) in [5.41, 5.74) is 2.67. The van der Waals surface area contributed by atoms with Crippen LogP contribution >= 0.6 is 0 Å². The van der Waals surface area contributed by atoms with Crippen LogP contribution in [0, 0.1) is 0 Å². The molecule has 1 aromatic carbocycles. The highest BCUT2D eigenvalue weighted by Gasteiger charge is 2.33. The molecule has 2 aliphatic rings. The molecule has 138 valence electrons. The molecule has 0 saturated carbocycles. The summed E-state index contributed by atoms with van der Waals surface area (Å²) >= 11 is 0. The lowest BCUT2D eigenvalue weighted by atomic mass is 10.1. The van der Waals surface area contributed by atoms with Crippen molar-refractivity contribution in [1.82, 2.24) is 24.8 Å². The Morgan fingerprint density at radius 1 is 1.15 bits per heavy atom. The van der Waals surface area contributed by atoms with Crippen LogP contribution in [0.4, 0.5) is 5.69 Å². The number of fused-ring (bicyclic) bond motifs is 3. The molecule has 2 atom stereocenters. The largest absolute Gasteiger partial charge is 0.385 e. The smallest absolute Gasteiger partial charge is 0.276 e. The summed E-state index contributed by atoms with van der Waals surface area (Å²) in [6, 6.07) is 9.23. The second-order valence-electron chi connectivity index (χ2n) is 7.39. The molecule has 0 spiro atoms. The number of carbonyl (C=O) groups is 1. The highest BCUT2D eigenvalue weighted by molar-refractivity contribution is 5.92. The van der Waals surface area contributed by atoms with Crippen LogP contribution in [-0.2, 0) is 13.6 Å². The van der Waals surface area contributed by atoms with Gasteiger partial charge < -0.3 is 10.2 Å². The first-order chi connectivity index (χ1) is 12.6. The van der Waals surface area contributed by atoms with E-state index in [1.54, 1.807) is 17.9 Å². The Balaban J connectivity index is 1.67. The standard InChI is InChI=1S/C19H26N6O/c1-23-13-18(21-22-23)19(26)25-11-14-5-3-4-6-17(14)20-10-9-15-7-8-16(12-25)24(15)2/h3-6,13,15-16,20H,7-12H2,1-2H3/t15-,16+/m0/s1. The topological polar surface area (TPSA) is 66.3 Å². The average molecular weight is 354 g/mol. The van der Waals surface area contributed by atoms with E-state index in [4.69, 9.17) is 0 Å². The van der Waals surface area contributed by atoms with Crippen molar-refractivity contribution in [3.8, 4) is 0 Å². The van der Waals surface area contributed by atoms with Gasteiger partial charge in [0.05, 0.1) is 6.20 Å². The monoisotopic (exact) mass is 354 g/mol. The number of benzene rings is 1. The normalized spacial score (nSPS) is 23.8. The number of likely N-dealkylation sites (N-methyl/N-ethyl adjacent to an activating group) is 1. The maximum absolute atomic E-state index is 13.1. The number of hydrogen-bond donors (Lipinski definition) is 1. The minimum Gasteiger partial charge on any atom is -0.385 e. The third-order valence-corrected chi connectivity index (χ3v) is 5.70. The summed E-state index contributed by atoms with van der Waals surface area (Å²) in [4.78, 5) is 17.5. The van der Waals surface area contributed by atoms with Gasteiger partial charge in [-0.3, -0.25) is 14.4 Å². The van der Waals surface area contributed by atoms with Crippen molar-refractivity contribution in [2.24, 2.45) is 7.05 Å². The summed E-state index contributed by atoms with van der Waals surface area (Å²) < 4.78 is 1.58. The van der Waals surface area contributed by atoms with Crippen LogP contribution in [0.1, 0.15) is 35.3 Å². The van der Waals surface area contributed by atoms with Gasteiger partial charge in [-0.2, -0.15) is 0 Å². The second-order valence-corrected chi connectivity index (χ2v) is 7.39. The van der Waals surface area contributed by atoms with Crippen molar-refractivity contribution in [3.05, 3.63) is 41.7 Å². The van der Waals surface area contributed by atoms with Crippen LogP contribution < -0.4 is 5.32 Å². The second kappa shape index (κ2) is 7.07. The Morgan fingerprint density at radius 3 is 2.77 bits per heavy atom. The molecule has 1 saturated heterocycles. The van der Waals surface area contributed by atoms with Crippen molar-refractivity contribution >= 4 is 11.6 Å². The first-order valence-corrected chi connectivity index (χ1v) is 9.31. The van der Waals surface area contributed by atoms with Crippen molar-refractivity contribution < 1.29 is 4.79 Å². The van der Waals surface area contributed by atoms with Crippen LogP contribution in [0.3, 0.4) is 0 Å². The average Bonchev–Trinajstić information content (AvgIpc) is 3.20. The van der Waals surface area contributed by atoms with Gasteiger partial charge in [-0.1, -0.05) is 23.4 Å². The maximum Gasteiger partial charge on any atom is 0.276 e. The number of nitrogens with zero attached hydrogens (tertiary/aromatic N) is 5. The van der Waals surface area contributed by atoms with Gasteiger partial charge in [0.15, 0.2) is 5.69 Å². The van der Waals surface area contributed by atoms with E-state index in [0.717, 1.165) is 37.2 Å². The van der Waals surface area contributed by atoms with E-state index in [9.17, 15) is 4.79 Å². The van der Waals surface area contributed by atoms with Gasteiger partial charge in [-0.05, 0) is 37.9 Å². The zero-order valence-electron chi connectivity index (χ0n) is 15.4. The van der Waals surface area contributed by atoms with E-state index in [1.807, 2.05) is 17.0 Å². The zero-order valence-corrected chi connectivity index (χ0v) is 15.4. The lowest BCUT2D eigenvalue weighted by Crippen LogP contribution is -2.43. The molecule has 0 unspecified atom stereocenters. The van der Waals surface area contributed by atoms with Crippen molar-refractivity contribution in [1.29, 1.82) is 0 Å². The number of rotatable bonds is 1. The Bertz CT molecular complexity index is 788. The molecule has 1 aromatic heterocycles. The first-order valence-electron chi connectivity index (χ1n) is 9.31. The highest BCUT2D eigenvalue weighted by atomic mass is 16.2. The van der Waals surface area contributed by atoms with Gasteiger partial charge in [0.25, 0.3) is 5.91 Å². The van der Waals surface area contributed by atoms with Crippen LogP contribution in [0.5, 0.6) is 0 Å². The number of para-hydroxylation sites is 1. The molecule has 1 amide bonds. The zero-order chi connectivity index (χ0) is 18.1. The van der Waals surface area contributed by atoms with Crippen molar-refractivity contribution in [2.75, 3.05) is 25.5 Å².